The average Bonchev–Trinajstić information content (AvgIpc) is 2.87. The number of benzene rings is 1. The van der Waals surface area contributed by atoms with E-state index in [1.54, 1.807) is 6.20 Å². The van der Waals surface area contributed by atoms with E-state index in [0.29, 0.717) is 11.8 Å². The summed E-state index contributed by atoms with van der Waals surface area (Å²) in [5, 5.41) is 0. The van der Waals surface area contributed by atoms with E-state index in [4.69, 9.17) is 4.74 Å². The van der Waals surface area contributed by atoms with Crippen molar-refractivity contribution in [2.75, 3.05) is 0 Å². The quantitative estimate of drug-likeness (QED) is 0.570. The standard InChI is InChI=1S/C19H25N3O/c1-5-23-9-8-20-13-15(4)11-19-21-17-7-6-16(10-14(2)3)12-18(17)22-19/h5-9,12-15H,1,10-11H2,2-4H3,(H,21,22)/b9-8-,20-13?. The molecular formula is C19H25N3O. The molecule has 1 unspecified atom stereocenters. The number of nitrogens with one attached hydrogen (secondary N) is 1. The predicted octanol–water partition coefficient (Wildman–Crippen LogP) is 4.64. The zero-order chi connectivity index (χ0) is 16.7. The van der Waals surface area contributed by atoms with E-state index in [1.807, 2.05) is 6.21 Å². The van der Waals surface area contributed by atoms with Gasteiger partial charge in [0, 0.05) is 12.6 Å². The fourth-order valence-corrected chi connectivity index (χ4v) is 2.48. The van der Waals surface area contributed by atoms with Crippen LogP contribution in [0.3, 0.4) is 0 Å². The van der Waals surface area contributed by atoms with Crippen LogP contribution in [0.4, 0.5) is 0 Å². The summed E-state index contributed by atoms with van der Waals surface area (Å²) in [4.78, 5) is 12.3. The molecule has 1 aromatic carbocycles. The monoisotopic (exact) mass is 311 g/mol. The molecule has 1 aromatic heterocycles. The van der Waals surface area contributed by atoms with Gasteiger partial charge in [-0.1, -0.05) is 33.4 Å². The third-order valence-electron chi connectivity index (χ3n) is 3.42. The molecule has 0 aliphatic heterocycles. The van der Waals surface area contributed by atoms with Crippen molar-refractivity contribution in [3.05, 3.63) is 54.9 Å². The minimum atomic E-state index is 0.291. The number of aromatic amines is 1. The maximum Gasteiger partial charge on any atom is 0.108 e. The highest BCUT2D eigenvalue weighted by molar-refractivity contribution is 5.76. The Morgan fingerprint density at radius 1 is 1.30 bits per heavy atom. The summed E-state index contributed by atoms with van der Waals surface area (Å²) < 4.78 is 4.86. The van der Waals surface area contributed by atoms with Crippen molar-refractivity contribution in [2.45, 2.75) is 33.6 Å². The molecule has 0 amide bonds. The molecule has 0 saturated heterocycles. The maximum atomic E-state index is 4.86. The molecule has 1 atom stereocenters. The molecule has 0 saturated carbocycles. The third kappa shape index (κ3) is 5.40. The van der Waals surface area contributed by atoms with Gasteiger partial charge in [-0.2, -0.15) is 0 Å². The molecule has 0 bridgehead atoms. The van der Waals surface area contributed by atoms with Gasteiger partial charge < -0.3 is 9.72 Å². The molecular weight excluding hydrogens is 286 g/mol. The molecule has 0 radical (unpaired) electrons. The van der Waals surface area contributed by atoms with Crippen LogP contribution in [0.15, 0.2) is 48.5 Å². The Morgan fingerprint density at radius 3 is 2.87 bits per heavy atom. The molecule has 2 aromatic rings. The second-order valence-electron chi connectivity index (χ2n) is 6.20. The van der Waals surface area contributed by atoms with Crippen LogP contribution in [0.1, 0.15) is 32.2 Å². The number of rotatable bonds is 8. The Bertz CT molecular complexity index is 698. The first kappa shape index (κ1) is 17.0. The van der Waals surface area contributed by atoms with E-state index in [0.717, 1.165) is 29.7 Å². The number of aliphatic imine (C=N–C) groups is 1. The van der Waals surface area contributed by atoms with Crippen LogP contribution in [-0.4, -0.2) is 16.2 Å². The molecule has 122 valence electrons. The van der Waals surface area contributed by atoms with E-state index in [-0.39, 0.29) is 0 Å². The molecule has 1 heterocycles. The zero-order valence-corrected chi connectivity index (χ0v) is 14.1. The minimum absolute atomic E-state index is 0.291. The first-order valence-electron chi connectivity index (χ1n) is 8.00. The third-order valence-corrected chi connectivity index (χ3v) is 3.42. The molecule has 4 nitrogen and oxygen atoms in total. The van der Waals surface area contributed by atoms with E-state index in [1.165, 1.54) is 18.1 Å². The molecule has 0 aliphatic carbocycles. The Hall–Kier alpha value is -2.36. The number of ether oxygens (including phenoxy) is 1. The van der Waals surface area contributed by atoms with Crippen molar-refractivity contribution in [3.63, 3.8) is 0 Å². The van der Waals surface area contributed by atoms with Gasteiger partial charge in [-0.25, -0.2) is 4.98 Å². The number of imidazole rings is 1. The first-order chi connectivity index (χ1) is 11.1. The molecule has 23 heavy (non-hydrogen) atoms. The number of H-pyrrole nitrogens is 1. The normalized spacial score (nSPS) is 13.4. The predicted molar refractivity (Wildman–Crippen MR) is 96.4 cm³/mol. The van der Waals surface area contributed by atoms with E-state index in [9.17, 15) is 0 Å². The topological polar surface area (TPSA) is 50.3 Å². The van der Waals surface area contributed by atoms with Crippen molar-refractivity contribution in [2.24, 2.45) is 16.8 Å². The van der Waals surface area contributed by atoms with Crippen LogP contribution in [0.5, 0.6) is 0 Å². The van der Waals surface area contributed by atoms with Crippen LogP contribution in [0, 0.1) is 11.8 Å². The molecule has 4 heteroatoms. The van der Waals surface area contributed by atoms with Gasteiger partial charge in [-0.15, -0.1) is 0 Å². The molecule has 0 fully saturated rings. The molecule has 0 aliphatic rings. The number of aromatic nitrogens is 2. The van der Waals surface area contributed by atoms with Crippen LogP contribution < -0.4 is 0 Å². The number of hydrogen-bond donors (Lipinski definition) is 1. The second-order valence-corrected chi connectivity index (χ2v) is 6.20. The van der Waals surface area contributed by atoms with Crippen LogP contribution in [0.2, 0.25) is 0 Å². The Morgan fingerprint density at radius 2 is 2.13 bits per heavy atom. The van der Waals surface area contributed by atoms with Gasteiger partial charge in [0.05, 0.1) is 23.5 Å². The first-order valence-corrected chi connectivity index (χ1v) is 8.00. The molecule has 2 rings (SSSR count). The molecule has 0 spiro atoms. The lowest BCUT2D eigenvalue weighted by Gasteiger charge is -2.03. The van der Waals surface area contributed by atoms with Crippen molar-refractivity contribution >= 4 is 17.2 Å². The summed E-state index contributed by atoms with van der Waals surface area (Å²) in [7, 11) is 0. The van der Waals surface area contributed by atoms with Gasteiger partial charge in [-0.05, 0) is 36.0 Å². The number of fused-ring (bicyclic) bond motifs is 1. The average molecular weight is 311 g/mol. The van der Waals surface area contributed by atoms with Gasteiger partial charge in [-0.3, -0.25) is 4.99 Å². The van der Waals surface area contributed by atoms with Crippen molar-refractivity contribution in [3.8, 4) is 0 Å². The van der Waals surface area contributed by atoms with E-state index >= 15 is 0 Å². The van der Waals surface area contributed by atoms with Gasteiger partial charge >= 0.3 is 0 Å². The smallest absolute Gasteiger partial charge is 0.108 e. The Balaban J connectivity index is 2.01. The fraction of sp³-hybridized carbons (Fsp3) is 0.368. The number of nitrogens with zero attached hydrogens (tertiary/aromatic N) is 2. The number of hydrogen-bond acceptors (Lipinski definition) is 3. The van der Waals surface area contributed by atoms with Crippen molar-refractivity contribution in [1.29, 1.82) is 0 Å². The van der Waals surface area contributed by atoms with Crippen molar-refractivity contribution in [1.82, 2.24) is 9.97 Å². The molecule has 1 N–H and O–H groups in total. The summed E-state index contributed by atoms with van der Waals surface area (Å²) >= 11 is 0. The summed E-state index contributed by atoms with van der Waals surface area (Å²) in [6.07, 6.45) is 8.26. The lowest BCUT2D eigenvalue weighted by molar-refractivity contribution is 0.403. The second kappa shape index (κ2) is 8.32. The van der Waals surface area contributed by atoms with Gasteiger partial charge in [0.2, 0.25) is 0 Å². The van der Waals surface area contributed by atoms with Gasteiger partial charge in [0.15, 0.2) is 0 Å². The summed E-state index contributed by atoms with van der Waals surface area (Å²) in [6, 6.07) is 6.48. The minimum Gasteiger partial charge on any atom is -0.472 e. The fourth-order valence-electron chi connectivity index (χ4n) is 2.48. The summed E-state index contributed by atoms with van der Waals surface area (Å²) in [6.45, 7) is 10.0. The highest BCUT2D eigenvalue weighted by Gasteiger charge is 2.07. The highest BCUT2D eigenvalue weighted by Crippen LogP contribution is 2.17. The summed E-state index contributed by atoms with van der Waals surface area (Å²) in [5.41, 5.74) is 3.49. The van der Waals surface area contributed by atoms with Crippen LogP contribution >= 0.6 is 0 Å². The van der Waals surface area contributed by atoms with Crippen molar-refractivity contribution < 1.29 is 4.74 Å². The zero-order valence-electron chi connectivity index (χ0n) is 14.1. The van der Waals surface area contributed by atoms with E-state index in [2.05, 4.69) is 60.5 Å². The van der Waals surface area contributed by atoms with Crippen LogP contribution in [0.25, 0.3) is 11.0 Å². The Kier molecular flexibility index (Phi) is 6.15. The SMILES string of the molecule is C=CO/C=C\N=CC(C)Cc1nc2ccc(CC(C)C)cc2[nH]1. The lowest BCUT2D eigenvalue weighted by Crippen LogP contribution is -2.02. The maximum absolute atomic E-state index is 4.86. The summed E-state index contributed by atoms with van der Waals surface area (Å²) in [5.74, 6) is 1.94. The highest BCUT2D eigenvalue weighted by atomic mass is 16.5. The van der Waals surface area contributed by atoms with Crippen LogP contribution in [-0.2, 0) is 17.6 Å². The largest absolute Gasteiger partial charge is 0.472 e. The van der Waals surface area contributed by atoms with E-state index < -0.39 is 0 Å². The van der Waals surface area contributed by atoms with Gasteiger partial charge in [0.1, 0.15) is 12.1 Å². The Labute approximate surface area is 138 Å². The lowest BCUT2D eigenvalue weighted by atomic mass is 10.0. The van der Waals surface area contributed by atoms with Gasteiger partial charge in [0.25, 0.3) is 0 Å².